The van der Waals surface area contributed by atoms with Gasteiger partial charge in [0.25, 0.3) is 0 Å². The van der Waals surface area contributed by atoms with E-state index >= 15 is 0 Å². The molecule has 1 N–H and O–H groups in total. The maximum absolute atomic E-state index is 10.7. The predicted octanol–water partition coefficient (Wildman–Crippen LogP) is -0.104. The molecule has 0 bridgehead atoms. The van der Waals surface area contributed by atoms with Crippen LogP contribution >= 0.6 is 0 Å². The summed E-state index contributed by atoms with van der Waals surface area (Å²) in [6.45, 7) is 0. The number of aliphatic carboxylic acids is 1. The summed E-state index contributed by atoms with van der Waals surface area (Å²) >= 11 is 0. The first-order valence-corrected chi connectivity index (χ1v) is 5.33. The summed E-state index contributed by atoms with van der Waals surface area (Å²) in [4.78, 5) is 10.5. The van der Waals surface area contributed by atoms with E-state index in [1.165, 1.54) is 0 Å². The van der Waals surface area contributed by atoms with Crippen molar-refractivity contribution in [2.45, 2.75) is 12.8 Å². The van der Waals surface area contributed by atoms with Crippen molar-refractivity contribution < 1.29 is 18.3 Å². The molecule has 0 radical (unpaired) electrons. The van der Waals surface area contributed by atoms with E-state index in [-0.39, 0.29) is 5.75 Å². The van der Waals surface area contributed by atoms with Crippen LogP contribution in [0.5, 0.6) is 0 Å². The van der Waals surface area contributed by atoms with Crippen LogP contribution in [0.3, 0.4) is 0 Å². The van der Waals surface area contributed by atoms with Gasteiger partial charge in [-0.15, -0.1) is 0 Å². The van der Waals surface area contributed by atoms with E-state index in [1.54, 1.807) is 0 Å². The maximum atomic E-state index is 10.7. The van der Waals surface area contributed by atoms with Gasteiger partial charge in [0.05, 0.1) is 11.2 Å². The van der Waals surface area contributed by atoms with E-state index in [4.69, 9.17) is 5.11 Å². The second kappa shape index (κ2) is 2.20. The van der Waals surface area contributed by atoms with Gasteiger partial charge in [0.15, 0.2) is 0 Å². The highest BCUT2D eigenvalue weighted by Crippen LogP contribution is 2.46. The van der Waals surface area contributed by atoms with Crippen LogP contribution in [0.25, 0.3) is 0 Å². The van der Waals surface area contributed by atoms with Crippen molar-refractivity contribution in [3.8, 4) is 0 Å². The molecule has 64 valence electrons. The maximum Gasteiger partial charge on any atom is 0.310 e. The lowest BCUT2D eigenvalue weighted by molar-refractivity contribution is -0.142. The Labute approximate surface area is 65.1 Å². The van der Waals surface area contributed by atoms with Gasteiger partial charge >= 0.3 is 5.97 Å². The molecule has 11 heavy (non-hydrogen) atoms. The lowest BCUT2D eigenvalue weighted by Crippen LogP contribution is -2.24. The monoisotopic (exact) mass is 178 g/mol. The minimum absolute atomic E-state index is 0.213. The molecule has 0 saturated heterocycles. The van der Waals surface area contributed by atoms with E-state index in [2.05, 4.69) is 0 Å². The topological polar surface area (TPSA) is 71.4 Å². The Morgan fingerprint density at radius 2 is 2.00 bits per heavy atom. The third kappa shape index (κ3) is 1.92. The summed E-state index contributed by atoms with van der Waals surface area (Å²) in [6, 6.07) is 0. The van der Waals surface area contributed by atoms with Crippen molar-refractivity contribution in [2.24, 2.45) is 5.41 Å². The molecule has 1 fully saturated rings. The van der Waals surface area contributed by atoms with E-state index in [0.29, 0.717) is 12.8 Å². The average molecular weight is 178 g/mol. The number of hydrogen-bond donors (Lipinski definition) is 1. The van der Waals surface area contributed by atoms with Gasteiger partial charge < -0.3 is 5.11 Å². The van der Waals surface area contributed by atoms with Crippen LogP contribution in [0, 0.1) is 5.41 Å². The lowest BCUT2D eigenvalue weighted by Gasteiger charge is -2.05. The first kappa shape index (κ1) is 8.52. The molecule has 1 saturated carbocycles. The molecule has 0 amide bonds. The Bertz CT molecular complexity index is 273. The lowest BCUT2D eigenvalue weighted by atomic mass is 10.1. The minimum Gasteiger partial charge on any atom is -0.481 e. The molecule has 1 aliphatic carbocycles. The molecule has 0 unspecified atom stereocenters. The highest BCUT2D eigenvalue weighted by molar-refractivity contribution is 7.90. The second-order valence-corrected chi connectivity index (χ2v) is 5.30. The Hall–Kier alpha value is -0.580. The number of sulfone groups is 1. The number of carboxylic acids is 1. The summed E-state index contributed by atoms with van der Waals surface area (Å²) in [5, 5.41) is 8.60. The molecule has 0 aromatic carbocycles. The third-order valence-corrected chi connectivity index (χ3v) is 2.92. The van der Waals surface area contributed by atoms with Crippen LogP contribution in [-0.4, -0.2) is 31.5 Å². The zero-order chi connectivity index (χ0) is 8.70. The fraction of sp³-hybridized carbons (Fsp3) is 0.833. The number of carboxylic acid groups (broad SMARTS) is 1. The second-order valence-electron chi connectivity index (χ2n) is 3.16. The average Bonchev–Trinajstić information content (AvgIpc) is 2.43. The van der Waals surface area contributed by atoms with Gasteiger partial charge in [0, 0.05) is 6.26 Å². The van der Waals surface area contributed by atoms with Crippen molar-refractivity contribution in [2.75, 3.05) is 12.0 Å². The van der Waals surface area contributed by atoms with Crippen LogP contribution in [0.15, 0.2) is 0 Å². The van der Waals surface area contributed by atoms with Crippen LogP contribution in [0.2, 0.25) is 0 Å². The van der Waals surface area contributed by atoms with Crippen LogP contribution in [-0.2, 0) is 14.6 Å². The van der Waals surface area contributed by atoms with Crippen molar-refractivity contribution in [3.05, 3.63) is 0 Å². The standard InChI is InChI=1S/C6H10O4S/c1-11(9,10)4-6(2-3-6)5(7)8/h2-4H2,1H3,(H,7,8). The number of rotatable bonds is 3. The van der Waals surface area contributed by atoms with Crippen molar-refractivity contribution >= 4 is 15.8 Å². The molecule has 0 aromatic rings. The molecule has 0 aliphatic heterocycles. The Kier molecular flexibility index (Phi) is 1.70. The molecule has 0 spiro atoms. The quantitative estimate of drug-likeness (QED) is 0.654. The van der Waals surface area contributed by atoms with Crippen molar-refractivity contribution in [3.63, 3.8) is 0 Å². The largest absolute Gasteiger partial charge is 0.481 e. The summed E-state index contributed by atoms with van der Waals surface area (Å²) in [6.07, 6.45) is 2.06. The zero-order valence-corrected chi connectivity index (χ0v) is 7.02. The van der Waals surface area contributed by atoms with E-state index in [0.717, 1.165) is 6.26 Å². The number of carbonyl (C=O) groups is 1. The summed E-state index contributed by atoms with van der Waals surface area (Å²) in [7, 11) is -3.15. The predicted molar refractivity (Wildman–Crippen MR) is 39.0 cm³/mol. The molecule has 0 aromatic heterocycles. The first-order valence-electron chi connectivity index (χ1n) is 3.27. The Balaban J connectivity index is 2.70. The summed E-state index contributed by atoms with van der Waals surface area (Å²) in [5.41, 5.74) is -0.937. The molecule has 5 heteroatoms. The van der Waals surface area contributed by atoms with Crippen molar-refractivity contribution in [1.82, 2.24) is 0 Å². The third-order valence-electron chi connectivity index (χ3n) is 1.85. The molecule has 0 heterocycles. The fourth-order valence-electron chi connectivity index (χ4n) is 1.07. The van der Waals surface area contributed by atoms with Gasteiger partial charge in [0.2, 0.25) is 0 Å². The van der Waals surface area contributed by atoms with Gasteiger partial charge in [-0.05, 0) is 12.8 Å². The molecule has 0 atom stereocenters. The van der Waals surface area contributed by atoms with E-state index < -0.39 is 21.2 Å². The Morgan fingerprint density at radius 1 is 1.55 bits per heavy atom. The minimum atomic E-state index is -3.15. The van der Waals surface area contributed by atoms with Gasteiger partial charge in [0.1, 0.15) is 9.84 Å². The van der Waals surface area contributed by atoms with Crippen LogP contribution < -0.4 is 0 Å². The molecule has 1 rings (SSSR count). The first-order chi connectivity index (χ1) is 4.86. The molecule has 1 aliphatic rings. The Morgan fingerprint density at radius 3 is 2.09 bits per heavy atom. The van der Waals surface area contributed by atoms with Crippen LogP contribution in [0.1, 0.15) is 12.8 Å². The van der Waals surface area contributed by atoms with E-state index in [9.17, 15) is 13.2 Å². The van der Waals surface area contributed by atoms with Gasteiger partial charge in [-0.25, -0.2) is 8.42 Å². The molecular formula is C6H10O4S. The number of hydrogen-bond acceptors (Lipinski definition) is 3. The van der Waals surface area contributed by atoms with Gasteiger partial charge in [-0.3, -0.25) is 4.79 Å². The molecule has 4 nitrogen and oxygen atoms in total. The van der Waals surface area contributed by atoms with Crippen LogP contribution in [0.4, 0.5) is 0 Å². The van der Waals surface area contributed by atoms with Crippen molar-refractivity contribution in [1.29, 1.82) is 0 Å². The summed E-state index contributed by atoms with van der Waals surface area (Å²) in [5.74, 6) is -1.20. The highest BCUT2D eigenvalue weighted by Gasteiger charge is 2.52. The normalized spacial score (nSPS) is 21.2. The summed E-state index contributed by atoms with van der Waals surface area (Å²) < 4.78 is 21.5. The SMILES string of the molecule is CS(=O)(=O)CC1(C(=O)O)CC1. The fourth-order valence-corrected chi connectivity index (χ4v) is 2.49. The highest BCUT2D eigenvalue weighted by atomic mass is 32.2. The van der Waals surface area contributed by atoms with Gasteiger partial charge in [-0.1, -0.05) is 0 Å². The zero-order valence-electron chi connectivity index (χ0n) is 6.20. The van der Waals surface area contributed by atoms with E-state index in [1.807, 2.05) is 0 Å². The van der Waals surface area contributed by atoms with Gasteiger partial charge in [-0.2, -0.15) is 0 Å². The molecular weight excluding hydrogens is 168 g/mol. The smallest absolute Gasteiger partial charge is 0.310 e.